The van der Waals surface area contributed by atoms with E-state index in [-0.39, 0.29) is 12.5 Å². The van der Waals surface area contributed by atoms with E-state index in [1.165, 1.54) is 0 Å². The van der Waals surface area contributed by atoms with Gasteiger partial charge in [0.2, 0.25) is 5.91 Å². The van der Waals surface area contributed by atoms with Gasteiger partial charge in [-0.1, -0.05) is 12.1 Å². The summed E-state index contributed by atoms with van der Waals surface area (Å²) in [5.74, 6) is -0.991. The maximum atomic E-state index is 12.4. The first-order valence-electron chi connectivity index (χ1n) is 9.28. The third-order valence-corrected chi connectivity index (χ3v) is 4.81. The summed E-state index contributed by atoms with van der Waals surface area (Å²) in [5, 5.41) is 2.89. The Kier molecular flexibility index (Phi) is 6.41. The number of nitrogens with one attached hydrogen (secondary N) is 1. The summed E-state index contributed by atoms with van der Waals surface area (Å²) in [6.45, 7) is 6.17. The van der Waals surface area contributed by atoms with Crippen LogP contribution < -0.4 is 5.32 Å². The number of benzene rings is 1. The van der Waals surface area contributed by atoms with E-state index < -0.39 is 11.8 Å². The Balaban J connectivity index is 1.43. The van der Waals surface area contributed by atoms with Gasteiger partial charge < -0.3 is 19.9 Å². The van der Waals surface area contributed by atoms with E-state index in [4.69, 9.17) is 4.74 Å². The number of anilines is 1. The fourth-order valence-electron chi connectivity index (χ4n) is 3.27. The molecule has 2 heterocycles. The summed E-state index contributed by atoms with van der Waals surface area (Å²) in [6.07, 6.45) is 0. The van der Waals surface area contributed by atoms with Crippen LogP contribution in [0.4, 0.5) is 5.69 Å². The molecule has 146 valence electrons. The average Bonchev–Trinajstić information content (AvgIpc) is 2.68. The highest BCUT2D eigenvalue weighted by Crippen LogP contribution is 2.10. The van der Waals surface area contributed by atoms with Crippen molar-refractivity contribution in [3.8, 4) is 0 Å². The smallest absolute Gasteiger partial charge is 0.312 e. The Hall–Kier alpha value is -2.45. The summed E-state index contributed by atoms with van der Waals surface area (Å²) < 4.78 is 5.21. The third kappa shape index (κ3) is 5.27. The number of carbonyl (C=O) groups is 3. The number of piperazine rings is 1. The van der Waals surface area contributed by atoms with Crippen molar-refractivity contribution < 1.29 is 19.1 Å². The molecule has 2 aliphatic heterocycles. The molecule has 1 aromatic carbocycles. The Bertz CT molecular complexity index is 695. The molecular formula is C19H26N4O4. The average molecular weight is 374 g/mol. The molecule has 1 N–H and O–H groups in total. The molecule has 2 aliphatic rings. The quantitative estimate of drug-likeness (QED) is 0.750. The molecular weight excluding hydrogens is 348 g/mol. The van der Waals surface area contributed by atoms with Crippen molar-refractivity contribution in [2.45, 2.75) is 6.92 Å². The highest BCUT2D eigenvalue weighted by molar-refractivity contribution is 6.34. The molecule has 0 aliphatic carbocycles. The van der Waals surface area contributed by atoms with Crippen molar-refractivity contribution in [2.24, 2.45) is 0 Å². The first-order valence-corrected chi connectivity index (χ1v) is 9.28. The van der Waals surface area contributed by atoms with Crippen LogP contribution in [0.2, 0.25) is 0 Å². The molecule has 0 saturated carbocycles. The topological polar surface area (TPSA) is 82.2 Å². The van der Waals surface area contributed by atoms with Crippen molar-refractivity contribution in [1.29, 1.82) is 0 Å². The maximum Gasteiger partial charge on any atom is 0.312 e. The SMILES string of the molecule is Cc1cccc(NC(=O)CN2CCN(C(=O)C(=O)N3CCOCC3)CC2)c1. The minimum Gasteiger partial charge on any atom is -0.378 e. The van der Waals surface area contributed by atoms with E-state index >= 15 is 0 Å². The minimum atomic E-state index is -0.458. The molecule has 27 heavy (non-hydrogen) atoms. The molecule has 0 unspecified atom stereocenters. The molecule has 0 atom stereocenters. The number of carbonyl (C=O) groups excluding carboxylic acids is 3. The molecule has 8 heteroatoms. The summed E-state index contributed by atoms with van der Waals surface area (Å²) >= 11 is 0. The summed E-state index contributed by atoms with van der Waals surface area (Å²) in [4.78, 5) is 42.0. The molecule has 2 saturated heterocycles. The van der Waals surface area contributed by atoms with Crippen LogP contribution in [0.25, 0.3) is 0 Å². The Labute approximate surface area is 159 Å². The van der Waals surface area contributed by atoms with Crippen LogP contribution in [0.3, 0.4) is 0 Å². The summed E-state index contributed by atoms with van der Waals surface area (Å²) in [7, 11) is 0. The number of ether oxygens (including phenoxy) is 1. The van der Waals surface area contributed by atoms with Gasteiger partial charge in [0.15, 0.2) is 0 Å². The zero-order valence-electron chi connectivity index (χ0n) is 15.6. The van der Waals surface area contributed by atoms with E-state index in [2.05, 4.69) is 5.32 Å². The van der Waals surface area contributed by atoms with Crippen molar-refractivity contribution in [3.05, 3.63) is 29.8 Å². The summed E-state index contributed by atoms with van der Waals surface area (Å²) in [6, 6.07) is 7.66. The van der Waals surface area contributed by atoms with Crippen LogP contribution in [0.1, 0.15) is 5.56 Å². The van der Waals surface area contributed by atoms with Gasteiger partial charge in [-0.15, -0.1) is 0 Å². The van der Waals surface area contributed by atoms with Gasteiger partial charge in [-0.05, 0) is 24.6 Å². The van der Waals surface area contributed by atoms with Crippen LogP contribution in [0.5, 0.6) is 0 Å². The molecule has 0 aromatic heterocycles. The molecule has 0 spiro atoms. The van der Waals surface area contributed by atoms with Gasteiger partial charge in [0, 0.05) is 45.0 Å². The van der Waals surface area contributed by atoms with Gasteiger partial charge in [-0.2, -0.15) is 0 Å². The standard InChI is InChI=1S/C19H26N4O4/c1-15-3-2-4-16(13-15)20-17(24)14-21-5-7-22(8-6-21)18(25)19(26)23-9-11-27-12-10-23/h2-4,13H,5-12,14H2,1H3,(H,20,24). The third-order valence-electron chi connectivity index (χ3n) is 4.81. The highest BCUT2D eigenvalue weighted by Gasteiger charge is 2.30. The second kappa shape index (κ2) is 8.96. The minimum absolute atomic E-state index is 0.0789. The predicted octanol–water partition coefficient (Wildman–Crippen LogP) is -0.0635. The fourth-order valence-corrected chi connectivity index (χ4v) is 3.27. The molecule has 0 radical (unpaired) electrons. The van der Waals surface area contributed by atoms with Crippen molar-refractivity contribution >= 4 is 23.4 Å². The zero-order chi connectivity index (χ0) is 19.2. The number of hydrogen-bond donors (Lipinski definition) is 1. The lowest BCUT2D eigenvalue weighted by Gasteiger charge is -2.35. The van der Waals surface area contributed by atoms with Crippen molar-refractivity contribution in [3.63, 3.8) is 0 Å². The number of amides is 3. The van der Waals surface area contributed by atoms with E-state index in [0.717, 1.165) is 11.3 Å². The van der Waals surface area contributed by atoms with Gasteiger partial charge in [0.25, 0.3) is 0 Å². The van der Waals surface area contributed by atoms with Gasteiger partial charge in [-0.25, -0.2) is 0 Å². The lowest BCUT2D eigenvalue weighted by molar-refractivity contribution is -0.155. The Morgan fingerprint density at radius 1 is 0.963 bits per heavy atom. The van der Waals surface area contributed by atoms with Gasteiger partial charge >= 0.3 is 11.8 Å². The lowest BCUT2D eigenvalue weighted by Crippen LogP contribution is -2.55. The van der Waals surface area contributed by atoms with E-state index in [1.54, 1.807) is 9.80 Å². The largest absolute Gasteiger partial charge is 0.378 e. The number of rotatable bonds is 3. The predicted molar refractivity (Wildman–Crippen MR) is 100 cm³/mol. The highest BCUT2D eigenvalue weighted by atomic mass is 16.5. The Morgan fingerprint density at radius 3 is 2.22 bits per heavy atom. The molecule has 3 rings (SSSR count). The van der Waals surface area contributed by atoms with Crippen LogP contribution in [0.15, 0.2) is 24.3 Å². The number of aryl methyl sites for hydroxylation is 1. The second-order valence-electron chi connectivity index (χ2n) is 6.89. The molecule has 0 bridgehead atoms. The van der Waals surface area contributed by atoms with Crippen molar-refractivity contribution in [1.82, 2.24) is 14.7 Å². The molecule has 8 nitrogen and oxygen atoms in total. The van der Waals surface area contributed by atoms with E-state index in [1.807, 2.05) is 36.1 Å². The number of hydrogen-bond acceptors (Lipinski definition) is 5. The second-order valence-corrected chi connectivity index (χ2v) is 6.89. The first-order chi connectivity index (χ1) is 13.0. The Morgan fingerprint density at radius 2 is 1.59 bits per heavy atom. The van der Waals surface area contributed by atoms with Crippen LogP contribution in [0, 0.1) is 6.92 Å². The first kappa shape index (κ1) is 19.3. The monoisotopic (exact) mass is 374 g/mol. The zero-order valence-corrected chi connectivity index (χ0v) is 15.6. The summed E-state index contributed by atoms with van der Waals surface area (Å²) in [5.41, 5.74) is 1.87. The molecule has 1 aromatic rings. The van der Waals surface area contributed by atoms with Crippen LogP contribution in [-0.2, 0) is 19.1 Å². The molecule has 2 fully saturated rings. The molecule has 3 amide bonds. The normalized spacial score (nSPS) is 18.3. The number of nitrogens with zero attached hydrogens (tertiary/aromatic N) is 3. The maximum absolute atomic E-state index is 12.4. The number of morpholine rings is 1. The van der Waals surface area contributed by atoms with E-state index in [0.29, 0.717) is 52.5 Å². The van der Waals surface area contributed by atoms with Gasteiger partial charge in [0.1, 0.15) is 0 Å². The van der Waals surface area contributed by atoms with Crippen molar-refractivity contribution in [2.75, 3.05) is 64.3 Å². The van der Waals surface area contributed by atoms with Gasteiger partial charge in [-0.3, -0.25) is 19.3 Å². The van der Waals surface area contributed by atoms with Crippen LogP contribution in [-0.4, -0.2) is 91.4 Å². The van der Waals surface area contributed by atoms with Crippen LogP contribution >= 0.6 is 0 Å². The van der Waals surface area contributed by atoms with Gasteiger partial charge in [0.05, 0.1) is 19.8 Å². The van der Waals surface area contributed by atoms with E-state index in [9.17, 15) is 14.4 Å². The fraction of sp³-hybridized carbons (Fsp3) is 0.526. The lowest BCUT2D eigenvalue weighted by atomic mass is 10.2.